The van der Waals surface area contributed by atoms with Gasteiger partial charge in [-0.25, -0.2) is 18.7 Å². The van der Waals surface area contributed by atoms with Crippen molar-refractivity contribution >= 4 is 34.3 Å². The highest BCUT2D eigenvalue weighted by molar-refractivity contribution is 7.15. The highest BCUT2D eigenvalue weighted by Crippen LogP contribution is 2.35. The Kier molecular flexibility index (Phi) is 14.0. The van der Waals surface area contributed by atoms with Gasteiger partial charge in [0.15, 0.2) is 0 Å². The molecular formula is C38H25ClF8N4O2S2. The van der Waals surface area contributed by atoms with Crippen LogP contribution in [0.3, 0.4) is 0 Å². The van der Waals surface area contributed by atoms with E-state index in [0.29, 0.717) is 32.7 Å². The number of hydrogen-bond acceptors (Lipinski definition) is 8. The van der Waals surface area contributed by atoms with Crippen LogP contribution in [0.1, 0.15) is 43.4 Å². The first kappa shape index (κ1) is 42.2. The Balaban J connectivity index is 0.000000205. The van der Waals surface area contributed by atoms with Crippen LogP contribution in [0.25, 0.3) is 21.1 Å². The van der Waals surface area contributed by atoms with E-state index in [1.165, 1.54) is 71.2 Å². The highest BCUT2D eigenvalue weighted by atomic mass is 35.5. The first-order chi connectivity index (χ1) is 25.9. The molecule has 6 aromatic rings. The Morgan fingerprint density at radius 1 is 0.673 bits per heavy atom. The van der Waals surface area contributed by atoms with Crippen LogP contribution in [0.5, 0.6) is 11.5 Å². The molecule has 0 unspecified atom stereocenters. The molecule has 0 amide bonds. The van der Waals surface area contributed by atoms with Crippen molar-refractivity contribution in [3.8, 4) is 44.8 Å². The van der Waals surface area contributed by atoms with Crippen molar-refractivity contribution in [2.45, 2.75) is 38.7 Å². The fraction of sp³-hybridized carbons (Fsp3) is 0.158. The fourth-order valence-electron chi connectivity index (χ4n) is 4.38. The van der Waals surface area contributed by atoms with Gasteiger partial charge in [0, 0.05) is 28.1 Å². The van der Waals surface area contributed by atoms with E-state index in [0.717, 1.165) is 51.8 Å². The van der Waals surface area contributed by atoms with Crippen molar-refractivity contribution in [1.29, 1.82) is 10.5 Å². The van der Waals surface area contributed by atoms with E-state index in [-0.39, 0.29) is 29.2 Å². The molecule has 0 fully saturated rings. The number of hydrogen-bond donors (Lipinski definition) is 1. The Labute approximate surface area is 322 Å². The van der Waals surface area contributed by atoms with Gasteiger partial charge in [0.25, 0.3) is 0 Å². The van der Waals surface area contributed by atoms with Crippen LogP contribution in [0.15, 0.2) is 84.9 Å². The average molecular weight is 821 g/mol. The predicted molar refractivity (Wildman–Crippen MR) is 192 cm³/mol. The van der Waals surface area contributed by atoms with Gasteiger partial charge in [-0.15, -0.1) is 34.3 Å². The van der Waals surface area contributed by atoms with Crippen LogP contribution in [0.4, 0.5) is 35.1 Å². The highest BCUT2D eigenvalue weighted by Gasteiger charge is 2.31. The minimum Gasteiger partial charge on any atom is -0.508 e. The maximum atomic E-state index is 13.6. The summed E-state index contributed by atoms with van der Waals surface area (Å²) in [4.78, 5) is 10.4. The average Bonchev–Trinajstić information content (AvgIpc) is 3.72. The Bertz CT molecular complexity index is 2330. The first-order valence-corrected chi connectivity index (χ1v) is 17.6. The third-order valence-electron chi connectivity index (χ3n) is 7.33. The van der Waals surface area contributed by atoms with Crippen molar-refractivity contribution in [3.63, 3.8) is 0 Å². The van der Waals surface area contributed by atoms with Crippen LogP contribution in [-0.2, 0) is 24.8 Å². The molecule has 0 atom stereocenters. The predicted octanol–water partition coefficient (Wildman–Crippen LogP) is 12.0. The Morgan fingerprint density at radius 2 is 1.11 bits per heavy atom. The molecule has 0 aliphatic heterocycles. The van der Waals surface area contributed by atoms with Gasteiger partial charge in [0.05, 0.1) is 44.4 Å². The zero-order valence-corrected chi connectivity index (χ0v) is 30.7. The molecule has 0 saturated carbocycles. The van der Waals surface area contributed by atoms with Crippen LogP contribution in [0, 0.1) is 48.1 Å². The largest absolute Gasteiger partial charge is 0.508 e. The molecule has 6 rings (SSSR count). The first-order valence-electron chi connectivity index (χ1n) is 15.5. The van der Waals surface area contributed by atoms with Gasteiger partial charge in [0.2, 0.25) is 0 Å². The van der Waals surface area contributed by atoms with Gasteiger partial charge < -0.3 is 9.84 Å². The number of phenolic OH excluding ortho intramolecular Hbond substituents is 1. The summed E-state index contributed by atoms with van der Waals surface area (Å²) in [7, 11) is 0. The number of nitriles is 2. The summed E-state index contributed by atoms with van der Waals surface area (Å²) >= 11 is 8.43. The topological polar surface area (TPSA) is 103 Å². The lowest BCUT2D eigenvalue weighted by Gasteiger charge is -2.06. The fourth-order valence-corrected chi connectivity index (χ4v) is 6.64. The van der Waals surface area contributed by atoms with E-state index in [2.05, 4.69) is 9.97 Å². The maximum absolute atomic E-state index is 13.6. The molecular weight excluding hydrogens is 796 g/mol. The van der Waals surface area contributed by atoms with Gasteiger partial charge >= 0.3 is 12.4 Å². The second-order valence-corrected chi connectivity index (χ2v) is 13.6. The second-order valence-electron chi connectivity index (χ2n) is 11.2. The molecule has 0 bridgehead atoms. The lowest BCUT2D eigenvalue weighted by atomic mass is 10.1. The molecule has 55 heavy (non-hydrogen) atoms. The van der Waals surface area contributed by atoms with E-state index < -0.39 is 35.1 Å². The Morgan fingerprint density at radius 3 is 1.51 bits per heavy atom. The SMILES string of the molecule is Cc1nc(-c2ccc(C(F)(F)F)cc2)sc1CCl.Cc1nc(-c2ccc(C(F)(F)F)cc2)sc1COc1ccc(C#N)c(F)c1.N#Cc1ccc(O)cc1F. The molecule has 1 N–H and O–H groups in total. The van der Waals surface area contributed by atoms with Crippen LogP contribution >= 0.6 is 34.3 Å². The van der Waals surface area contributed by atoms with E-state index >= 15 is 0 Å². The van der Waals surface area contributed by atoms with Gasteiger partial charge in [-0.3, -0.25) is 0 Å². The number of nitrogens with zero attached hydrogens (tertiary/aromatic N) is 4. The number of ether oxygens (including phenoxy) is 1. The summed E-state index contributed by atoms with van der Waals surface area (Å²) in [5.74, 6) is -0.889. The zero-order valence-electron chi connectivity index (χ0n) is 28.4. The maximum Gasteiger partial charge on any atom is 0.416 e. The molecule has 0 spiro atoms. The minimum absolute atomic E-state index is 0.0576. The smallest absolute Gasteiger partial charge is 0.416 e. The second kappa shape index (κ2) is 18.2. The van der Waals surface area contributed by atoms with Gasteiger partial charge in [0.1, 0.15) is 51.9 Å². The van der Waals surface area contributed by atoms with Gasteiger partial charge in [-0.1, -0.05) is 24.3 Å². The van der Waals surface area contributed by atoms with Crippen molar-refractivity contribution < 1.29 is 45.0 Å². The lowest BCUT2D eigenvalue weighted by Crippen LogP contribution is -2.03. The number of phenols is 1. The van der Waals surface area contributed by atoms with Crippen molar-refractivity contribution in [3.05, 3.63) is 140 Å². The summed E-state index contributed by atoms with van der Waals surface area (Å²) in [6, 6.07) is 20.5. The number of benzene rings is 4. The van der Waals surface area contributed by atoms with Crippen LogP contribution < -0.4 is 4.74 Å². The molecule has 0 aliphatic carbocycles. The van der Waals surface area contributed by atoms with Crippen molar-refractivity contribution in [1.82, 2.24) is 9.97 Å². The number of halogens is 9. The van der Waals surface area contributed by atoms with Gasteiger partial charge in [-0.2, -0.15) is 36.9 Å². The summed E-state index contributed by atoms with van der Waals surface area (Å²) in [5.41, 5.74) is 1.26. The van der Waals surface area contributed by atoms with E-state index in [9.17, 15) is 35.1 Å². The molecule has 6 nitrogen and oxygen atoms in total. The normalized spacial score (nSPS) is 11.0. The number of rotatable bonds is 6. The lowest BCUT2D eigenvalue weighted by molar-refractivity contribution is -0.138. The molecule has 2 heterocycles. The van der Waals surface area contributed by atoms with E-state index in [1.54, 1.807) is 19.1 Å². The number of aromatic hydroxyl groups is 1. The molecule has 2 aromatic heterocycles. The monoisotopic (exact) mass is 820 g/mol. The van der Waals surface area contributed by atoms with Crippen LogP contribution in [0.2, 0.25) is 0 Å². The number of alkyl halides is 7. The van der Waals surface area contributed by atoms with Crippen molar-refractivity contribution in [2.24, 2.45) is 0 Å². The molecule has 17 heteroatoms. The van der Waals surface area contributed by atoms with E-state index in [1.807, 2.05) is 6.92 Å². The summed E-state index contributed by atoms with van der Waals surface area (Å²) in [6.45, 7) is 3.74. The zero-order chi connectivity index (χ0) is 40.5. The summed E-state index contributed by atoms with van der Waals surface area (Å²) < 4.78 is 107. The van der Waals surface area contributed by atoms with E-state index in [4.69, 9.17) is 32.0 Å². The molecule has 0 aliphatic rings. The number of aryl methyl sites for hydroxylation is 2. The summed E-state index contributed by atoms with van der Waals surface area (Å²) in [5, 5.41) is 26.9. The molecule has 0 radical (unpaired) electrons. The minimum atomic E-state index is -4.38. The van der Waals surface area contributed by atoms with Gasteiger partial charge in [-0.05, 0) is 62.4 Å². The molecule has 284 valence electrons. The van der Waals surface area contributed by atoms with Crippen LogP contribution in [-0.4, -0.2) is 15.1 Å². The third-order valence-corrected chi connectivity index (χ3v) is 10.1. The molecule has 0 saturated heterocycles. The standard InChI is InChI=1S/C19H12F4N2OS.C12H9ClF3NS.C7H4FNO/c1-11-17(10-26-15-7-4-13(9-24)16(20)8-15)27-18(25-11)12-2-5-14(6-3-12)19(21,22)23;1-7-10(6-13)18-11(17-7)8-2-4-9(5-3-8)12(14,15)16;8-7-3-6(10)2-1-5(7)4-9/h2-8H,10H2,1H3;2-5H,6H2,1H3;1-3,10H. The summed E-state index contributed by atoms with van der Waals surface area (Å²) in [6.07, 6.45) is -8.69. The quantitative estimate of drug-likeness (QED) is 0.133. The Hall–Kier alpha value is -5.55. The molecule has 4 aromatic carbocycles. The third kappa shape index (κ3) is 11.5. The number of aromatic nitrogens is 2. The number of thiazole rings is 2. The van der Waals surface area contributed by atoms with Crippen molar-refractivity contribution in [2.75, 3.05) is 0 Å².